The van der Waals surface area contributed by atoms with Crippen LogP contribution < -0.4 is 11.5 Å². The normalized spacial score (nSPS) is 13.9. The molecule has 0 aliphatic carbocycles. The van der Waals surface area contributed by atoms with E-state index in [0.717, 1.165) is 0 Å². The molecule has 0 amide bonds. The molecule has 15 heavy (non-hydrogen) atoms. The Bertz CT molecular complexity index is 325. The lowest BCUT2D eigenvalue weighted by atomic mass is 10.1. The van der Waals surface area contributed by atoms with Crippen molar-refractivity contribution >= 4 is 5.82 Å². The van der Waals surface area contributed by atoms with Gasteiger partial charge in [-0.05, 0) is 24.1 Å². The lowest BCUT2D eigenvalue weighted by Crippen LogP contribution is -2.29. The van der Waals surface area contributed by atoms with Gasteiger partial charge in [0.25, 0.3) is 0 Å². The highest BCUT2D eigenvalue weighted by Crippen LogP contribution is 2.22. The summed E-state index contributed by atoms with van der Waals surface area (Å²) in [6, 6.07) is 2.19. The number of hydrogen-bond donors (Lipinski definition) is 2. The van der Waals surface area contributed by atoms with Crippen molar-refractivity contribution in [1.29, 1.82) is 0 Å². The van der Waals surface area contributed by atoms with Crippen LogP contribution in [-0.2, 0) is 6.42 Å². The first kappa shape index (κ1) is 11.8. The molecular weight excluding hydrogens is 207 g/mol. The quantitative estimate of drug-likeness (QED) is 0.809. The average Bonchev–Trinajstić information content (AvgIpc) is 1.99. The van der Waals surface area contributed by atoms with Crippen molar-refractivity contribution in [2.45, 2.75) is 25.1 Å². The summed E-state index contributed by atoms with van der Waals surface area (Å²) in [6.45, 7) is 0. The van der Waals surface area contributed by atoms with Gasteiger partial charge in [0.1, 0.15) is 5.82 Å². The van der Waals surface area contributed by atoms with E-state index in [-0.39, 0.29) is 12.2 Å². The Labute approximate surface area is 85.3 Å². The SMILES string of the molecule is Nc1cc(CC(N)CC(F)(F)F)ccn1. The Morgan fingerprint density at radius 3 is 2.60 bits per heavy atom. The van der Waals surface area contributed by atoms with Gasteiger partial charge in [0.05, 0.1) is 6.42 Å². The number of aromatic nitrogens is 1. The molecule has 0 fully saturated rings. The summed E-state index contributed by atoms with van der Waals surface area (Å²) in [4.78, 5) is 3.74. The summed E-state index contributed by atoms with van der Waals surface area (Å²) >= 11 is 0. The second kappa shape index (κ2) is 4.48. The topological polar surface area (TPSA) is 64.9 Å². The summed E-state index contributed by atoms with van der Waals surface area (Å²) in [7, 11) is 0. The number of alkyl halides is 3. The molecule has 0 bridgehead atoms. The Morgan fingerprint density at radius 1 is 1.40 bits per heavy atom. The van der Waals surface area contributed by atoms with Crippen LogP contribution in [0.1, 0.15) is 12.0 Å². The average molecular weight is 219 g/mol. The van der Waals surface area contributed by atoms with Crippen LogP contribution in [0.4, 0.5) is 19.0 Å². The number of rotatable bonds is 3. The molecule has 1 heterocycles. The Morgan fingerprint density at radius 2 is 2.07 bits per heavy atom. The van der Waals surface area contributed by atoms with Crippen LogP contribution >= 0.6 is 0 Å². The van der Waals surface area contributed by atoms with E-state index in [1.54, 1.807) is 6.07 Å². The fraction of sp³-hybridized carbons (Fsp3) is 0.444. The third-order valence-electron chi connectivity index (χ3n) is 1.84. The Hall–Kier alpha value is -1.30. The number of nitrogens with zero attached hydrogens (tertiary/aromatic N) is 1. The third kappa shape index (κ3) is 4.64. The maximum atomic E-state index is 12.0. The van der Waals surface area contributed by atoms with Crippen LogP contribution in [0.3, 0.4) is 0 Å². The van der Waals surface area contributed by atoms with Gasteiger partial charge in [-0.25, -0.2) is 4.98 Å². The zero-order valence-electron chi connectivity index (χ0n) is 7.96. The van der Waals surface area contributed by atoms with Crippen LogP contribution in [0.2, 0.25) is 0 Å². The maximum absolute atomic E-state index is 12.0. The Balaban J connectivity index is 2.55. The summed E-state index contributed by atoms with van der Waals surface area (Å²) < 4.78 is 35.9. The lowest BCUT2D eigenvalue weighted by Gasteiger charge is -2.13. The number of anilines is 1. The molecule has 1 aromatic heterocycles. The van der Waals surface area contributed by atoms with Gasteiger partial charge < -0.3 is 11.5 Å². The number of pyridine rings is 1. The van der Waals surface area contributed by atoms with Crippen molar-refractivity contribution in [2.24, 2.45) is 5.73 Å². The molecule has 0 saturated carbocycles. The zero-order valence-corrected chi connectivity index (χ0v) is 7.96. The predicted molar refractivity (Wildman–Crippen MR) is 51.0 cm³/mol. The molecule has 1 atom stereocenters. The monoisotopic (exact) mass is 219 g/mol. The largest absolute Gasteiger partial charge is 0.390 e. The van der Waals surface area contributed by atoms with Gasteiger partial charge in [-0.2, -0.15) is 13.2 Å². The van der Waals surface area contributed by atoms with Crippen molar-refractivity contribution in [1.82, 2.24) is 4.98 Å². The van der Waals surface area contributed by atoms with Crippen LogP contribution in [0.25, 0.3) is 0 Å². The minimum Gasteiger partial charge on any atom is -0.384 e. The molecule has 0 aliphatic heterocycles. The molecule has 0 radical (unpaired) electrons. The van der Waals surface area contributed by atoms with Crippen molar-refractivity contribution < 1.29 is 13.2 Å². The van der Waals surface area contributed by atoms with E-state index >= 15 is 0 Å². The highest BCUT2D eigenvalue weighted by Gasteiger charge is 2.30. The second-order valence-corrected chi connectivity index (χ2v) is 3.37. The van der Waals surface area contributed by atoms with Crippen molar-refractivity contribution in [3.63, 3.8) is 0 Å². The van der Waals surface area contributed by atoms with Gasteiger partial charge in [-0.1, -0.05) is 0 Å². The number of hydrogen-bond acceptors (Lipinski definition) is 3. The van der Waals surface area contributed by atoms with E-state index in [0.29, 0.717) is 5.56 Å². The van der Waals surface area contributed by atoms with Crippen molar-refractivity contribution in [3.8, 4) is 0 Å². The van der Waals surface area contributed by atoms with Gasteiger partial charge in [0.2, 0.25) is 0 Å². The number of halogens is 3. The number of nitrogens with two attached hydrogens (primary N) is 2. The molecule has 4 N–H and O–H groups in total. The summed E-state index contributed by atoms with van der Waals surface area (Å²) in [6.07, 6.45) is -3.62. The maximum Gasteiger partial charge on any atom is 0.390 e. The lowest BCUT2D eigenvalue weighted by molar-refractivity contribution is -0.138. The highest BCUT2D eigenvalue weighted by atomic mass is 19.4. The zero-order chi connectivity index (χ0) is 11.5. The molecule has 0 spiro atoms. The minimum absolute atomic E-state index is 0.145. The second-order valence-electron chi connectivity index (χ2n) is 3.37. The highest BCUT2D eigenvalue weighted by molar-refractivity contribution is 5.32. The van der Waals surface area contributed by atoms with Gasteiger partial charge in [-0.15, -0.1) is 0 Å². The molecule has 0 aliphatic rings. The number of nitrogen functional groups attached to an aromatic ring is 1. The Kier molecular flexibility index (Phi) is 3.52. The molecule has 1 rings (SSSR count). The van der Waals surface area contributed by atoms with E-state index in [9.17, 15) is 13.2 Å². The molecule has 0 saturated heterocycles. The van der Waals surface area contributed by atoms with E-state index in [1.165, 1.54) is 12.3 Å². The predicted octanol–water partition coefficient (Wildman–Crippen LogP) is 1.49. The van der Waals surface area contributed by atoms with E-state index in [4.69, 9.17) is 11.5 Å². The summed E-state index contributed by atoms with van der Waals surface area (Å²) in [5, 5.41) is 0. The molecule has 6 heteroatoms. The van der Waals surface area contributed by atoms with E-state index in [1.807, 2.05) is 0 Å². The fourth-order valence-electron chi connectivity index (χ4n) is 1.29. The van der Waals surface area contributed by atoms with Crippen LogP contribution in [0.5, 0.6) is 0 Å². The minimum atomic E-state index is -4.22. The van der Waals surface area contributed by atoms with Crippen molar-refractivity contribution in [3.05, 3.63) is 23.9 Å². The summed E-state index contributed by atoms with van der Waals surface area (Å²) in [5.41, 5.74) is 11.4. The van der Waals surface area contributed by atoms with E-state index < -0.39 is 18.6 Å². The van der Waals surface area contributed by atoms with Gasteiger partial charge in [-0.3, -0.25) is 0 Å². The first-order valence-corrected chi connectivity index (χ1v) is 4.39. The molecule has 3 nitrogen and oxygen atoms in total. The van der Waals surface area contributed by atoms with Crippen LogP contribution in [0, 0.1) is 0 Å². The van der Waals surface area contributed by atoms with E-state index in [2.05, 4.69) is 4.98 Å². The van der Waals surface area contributed by atoms with Gasteiger partial charge in [0, 0.05) is 12.2 Å². The standard InChI is InChI=1S/C9H12F3N3/c10-9(11,12)5-7(13)3-6-1-2-15-8(14)4-6/h1-2,4,7H,3,5,13H2,(H2,14,15). The first-order chi connectivity index (χ1) is 6.87. The van der Waals surface area contributed by atoms with Gasteiger partial charge in [0.15, 0.2) is 0 Å². The molecule has 1 unspecified atom stereocenters. The fourth-order valence-corrected chi connectivity index (χ4v) is 1.29. The summed E-state index contributed by atoms with van der Waals surface area (Å²) in [5.74, 6) is 0.284. The molecule has 1 aromatic rings. The van der Waals surface area contributed by atoms with Crippen molar-refractivity contribution in [2.75, 3.05) is 5.73 Å². The first-order valence-electron chi connectivity index (χ1n) is 4.39. The van der Waals surface area contributed by atoms with Crippen LogP contribution in [0.15, 0.2) is 18.3 Å². The molecule has 84 valence electrons. The van der Waals surface area contributed by atoms with Crippen LogP contribution in [-0.4, -0.2) is 17.2 Å². The molecule has 0 aromatic carbocycles. The smallest absolute Gasteiger partial charge is 0.384 e. The van der Waals surface area contributed by atoms with Gasteiger partial charge >= 0.3 is 6.18 Å². The third-order valence-corrected chi connectivity index (χ3v) is 1.84. The molecular formula is C9H12F3N3.